The van der Waals surface area contributed by atoms with Crippen LogP contribution in [0.15, 0.2) is 66.7 Å². The number of rotatable bonds is 6. The van der Waals surface area contributed by atoms with Crippen LogP contribution in [-0.2, 0) is 22.2 Å². The van der Waals surface area contributed by atoms with Gasteiger partial charge in [-0.1, -0.05) is 36.4 Å². The topological polar surface area (TPSA) is 109 Å². The van der Waals surface area contributed by atoms with Crippen molar-refractivity contribution in [3.63, 3.8) is 0 Å². The molecular formula is C26H22F3N3O5. The van der Waals surface area contributed by atoms with Gasteiger partial charge in [0, 0.05) is 18.7 Å². The van der Waals surface area contributed by atoms with Gasteiger partial charge < -0.3 is 20.1 Å². The van der Waals surface area contributed by atoms with Crippen LogP contribution in [0.4, 0.5) is 19.0 Å². The van der Waals surface area contributed by atoms with Gasteiger partial charge in [0.1, 0.15) is 17.3 Å². The normalized spacial score (nSPS) is 15.2. The number of nitrogens with one attached hydrogen (secondary N) is 1. The molecule has 2 heterocycles. The molecule has 0 bridgehead atoms. The molecule has 2 aromatic carbocycles. The van der Waals surface area contributed by atoms with Gasteiger partial charge in [0.05, 0.1) is 24.4 Å². The van der Waals surface area contributed by atoms with E-state index >= 15 is 0 Å². The lowest BCUT2D eigenvalue weighted by Gasteiger charge is -2.29. The van der Waals surface area contributed by atoms with E-state index in [1.165, 1.54) is 11.0 Å². The van der Waals surface area contributed by atoms with E-state index in [-0.39, 0.29) is 36.6 Å². The zero-order valence-corrected chi connectivity index (χ0v) is 19.4. The standard InChI is InChI=1S/C26H22F3N3O5/c27-26(28,29)21-10-9-19-20(15-23(34)35)32(12-11-30-24(19)31-21)22(33)14-16-5-4-8-18(13-16)37-25(36)17-6-2-1-3-7-17/h1-10,13,20H,11-12,14-15H2,(H,30,31)(H,34,35)/t20-/m1/s1. The Hall–Kier alpha value is -4.41. The number of aliphatic carboxylic acids is 1. The van der Waals surface area contributed by atoms with Gasteiger partial charge in [0.2, 0.25) is 5.91 Å². The average Bonchev–Trinajstić information content (AvgIpc) is 3.03. The highest BCUT2D eigenvalue weighted by molar-refractivity contribution is 5.91. The fourth-order valence-electron chi connectivity index (χ4n) is 4.08. The van der Waals surface area contributed by atoms with Crippen LogP contribution < -0.4 is 10.1 Å². The molecule has 0 fully saturated rings. The maximum Gasteiger partial charge on any atom is 0.433 e. The molecular weight excluding hydrogens is 491 g/mol. The minimum absolute atomic E-state index is 0.0528. The first-order chi connectivity index (χ1) is 17.6. The number of fused-ring (bicyclic) bond motifs is 1. The predicted molar refractivity (Wildman–Crippen MR) is 126 cm³/mol. The Morgan fingerprint density at radius 3 is 2.51 bits per heavy atom. The summed E-state index contributed by atoms with van der Waals surface area (Å²) in [5.41, 5.74) is -0.0554. The Morgan fingerprint density at radius 2 is 1.81 bits per heavy atom. The van der Waals surface area contributed by atoms with Crippen LogP contribution >= 0.6 is 0 Å². The number of carbonyl (C=O) groups is 3. The number of carboxylic acid groups (broad SMARTS) is 1. The largest absolute Gasteiger partial charge is 0.481 e. The van der Waals surface area contributed by atoms with Crippen molar-refractivity contribution in [2.75, 3.05) is 18.4 Å². The number of halogens is 3. The lowest BCUT2D eigenvalue weighted by molar-refractivity contribution is -0.142. The molecule has 1 aliphatic heterocycles. The zero-order chi connectivity index (χ0) is 26.6. The van der Waals surface area contributed by atoms with Gasteiger partial charge in [-0.25, -0.2) is 9.78 Å². The highest BCUT2D eigenvalue weighted by Crippen LogP contribution is 2.36. The van der Waals surface area contributed by atoms with Gasteiger partial charge >= 0.3 is 18.1 Å². The van der Waals surface area contributed by atoms with Crippen LogP contribution in [-0.4, -0.2) is 45.9 Å². The van der Waals surface area contributed by atoms with Crippen molar-refractivity contribution in [3.8, 4) is 5.75 Å². The molecule has 0 spiro atoms. The molecule has 0 radical (unpaired) electrons. The number of nitrogens with zero attached hydrogens (tertiary/aromatic N) is 2. The number of pyridine rings is 1. The van der Waals surface area contributed by atoms with Crippen LogP contribution in [0.5, 0.6) is 5.75 Å². The molecule has 11 heteroatoms. The molecule has 1 amide bonds. The van der Waals surface area contributed by atoms with E-state index in [0.717, 1.165) is 12.1 Å². The average molecular weight is 513 g/mol. The monoisotopic (exact) mass is 513 g/mol. The maximum atomic E-state index is 13.3. The van der Waals surface area contributed by atoms with Crippen molar-refractivity contribution in [3.05, 3.63) is 89.1 Å². The van der Waals surface area contributed by atoms with Gasteiger partial charge in [-0.15, -0.1) is 0 Å². The number of alkyl halides is 3. The Balaban J connectivity index is 1.55. The molecule has 0 saturated heterocycles. The first-order valence-corrected chi connectivity index (χ1v) is 11.3. The second-order valence-electron chi connectivity index (χ2n) is 8.34. The van der Waals surface area contributed by atoms with Crippen LogP contribution in [0, 0.1) is 0 Å². The van der Waals surface area contributed by atoms with E-state index in [0.29, 0.717) is 11.1 Å². The molecule has 8 nitrogen and oxygen atoms in total. The quantitative estimate of drug-likeness (QED) is 0.373. The van der Waals surface area contributed by atoms with Crippen molar-refractivity contribution in [2.45, 2.75) is 25.1 Å². The number of benzene rings is 2. The van der Waals surface area contributed by atoms with Gasteiger partial charge in [-0.2, -0.15) is 13.2 Å². The second-order valence-corrected chi connectivity index (χ2v) is 8.34. The molecule has 0 saturated carbocycles. The smallest absolute Gasteiger partial charge is 0.433 e. The molecule has 4 rings (SSSR count). The maximum absolute atomic E-state index is 13.3. The summed E-state index contributed by atoms with van der Waals surface area (Å²) in [4.78, 5) is 42.2. The fraction of sp³-hybridized carbons (Fsp3) is 0.231. The summed E-state index contributed by atoms with van der Waals surface area (Å²) in [5, 5.41) is 12.2. The Labute approximate surface area is 209 Å². The molecule has 192 valence electrons. The molecule has 1 atom stereocenters. The predicted octanol–water partition coefficient (Wildman–Crippen LogP) is 4.33. The van der Waals surface area contributed by atoms with Crippen molar-refractivity contribution in [2.24, 2.45) is 0 Å². The Morgan fingerprint density at radius 1 is 1.05 bits per heavy atom. The fourth-order valence-corrected chi connectivity index (χ4v) is 4.08. The minimum Gasteiger partial charge on any atom is -0.481 e. The van der Waals surface area contributed by atoms with E-state index in [4.69, 9.17) is 4.74 Å². The summed E-state index contributed by atoms with van der Waals surface area (Å²) in [6.45, 7) is 0.134. The van der Waals surface area contributed by atoms with E-state index in [1.807, 2.05) is 0 Å². The summed E-state index contributed by atoms with van der Waals surface area (Å²) in [6, 6.07) is 15.7. The molecule has 1 aromatic heterocycles. The first-order valence-electron chi connectivity index (χ1n) is 11.3. The Kier molecular flexibility index (Phi) is 7.42. The third-order valence-electron chi connectivity index (χ3n) is 5.76. The van der Waals surface area contributed by atoms with Crippen LogP contribution in [0.2, 0.25) is 0 Å². The van der Waals surface area contributed by atoms with Crippen molar-refractivity contribution >= 4 is 23.7 Å². The number of ether oxygens (including phenoxy) is 1. The first kappa shape index (κ1) is 25.7. The minimum atomic E-state index is -4.67. The van der Waals surface area contributed by atoms with Gasteiger partial charge in [0.15, 0.2) is 0 Å². The molecule has 0 aliphatic carbocycles. The number of hydrogen-bond donors (Lipinski definition) is 2. The van der Waals surface area contributed by atoms with Gasteiger partial charge in [0.25, 0.3) is 0 Å². The summed E-state index contributed by atoms with van der Waals surface area (Å²) in [5.74, 6) is -2.09. The van der Waals surface area contributed by atoms with E-state index in [1.54, 1.807) is 48.5 Å². The highest BCUT2D eigenvalue weighted by Gasteiger charge is 2.36. The number of hydrogen-bond acceptors (Lipinski definition) is 6. The molecule has 0 unspecified atom stereocenters. The van der Waals surface area contributed by atoms with E-state index < -0.39 is 42.2 Å². The second kappa shape index (κ2) is 10.7. The van der Waals surface area contributed by atoms with Crippen LogP contribution in [0.3, 0.4) is 0 Å². The Bertz CT molecular complexity index is 1310. The summed E-state index contributed by atoms with van der Waals surface area (Å²) in [6.07, 6.45) is -5.33. The van der Waals surface area contributed by atoms with Crippen molar-refractivity contribution in [1.29, 1.82) is 0 Å². The zero-order valence-electron chi connectivity index (χ0n) is 19.4. The lowest BCUT2D eigenvalue weighted by Crippen LogP contribution is -2.38. The number of carbonyl (C=O) groups excluding carboxylic acids is 2. The lowest BCUT2D eigenvalue weighted by atomic mass is 10.0. The van der Waals surface area contributed by atoms with E-state index in [9.17, 15) is 32.7 Å². The summed E-state index contributed by atoms with van der Waals surface area (Å²) >= 11 is 0. The number of anilines is 1. The van der Waals surface area contributed by atoms with Crippen molar-refractivity contribution in [1.82, 2.24) is 9.88 Å². The third kappa shape index (κ3) is 6.24. The van der Waals surface area contributed by atoms with Gasteiger partial charge in [-0.3, -0.25) is 9.59 Å². The molecule has 2 N–H and O–H groups in total. The number of carboxylic acids is 1. The SMILES string of the molecule is O=C(O)C[C@@H]1c2ccc(C(F)(F)F)nc2NCCN1C(=O)Cc1cccc(OC(=O)c2ccccc2)c1. The summed E-state index contributed by atoms with van der Waals surface area (Å²) in [7, 11) is 0. The molecule has 1 aliphatic rings. The summed E-state index contributed by atoms with van der Waals surface area (Å²) < 4.78 is 44.8. The number of amides is 1. The van der Waals surface area contributed by atoms with Gasteiger partial charge in [-0.05, 0) is 35.9 Å². The molecule has 3 aromatic rings. The van der Waals surface area contributed by atoms with Crippen molar-refractivity contribution < 1.29 is 37.4 Å². The van der Waals surface area contributed by atoms with Crippen LogP contribution in [0.1, 0.15) is 39.6 Å². The van der Waals surface area contributed by atoms with E-state index in [2.05, 4.69) is 10.3 Å². The highest BCUT2D eigenvalue weighted by atomic mass is 19.4. The van der Waals surface area contributed by atoms with Crippen LogP contribution in [0.25, 0.3) is 0 Å². The number of aromatic nitrogens is 1. The third-order valence-corrected chi connectivity index (χ3v) is 5.76. The molecule has 37 heavy (non-hydrogen) atoms. The number of esters is 1.